The summed E-state index contributed by atoms with van der Waals surface area (Å²) >= 11 is 0. The fourth-order valence-corrected chi connectivity index (χ4v) is 5.32. The molecule has 2 N–H and O–H groups in total. The lowest BCUT2D eigenvalue weighted by atomic mass is 10.1. The van der Waals surface area contributed by atoms with Crippen LogP contribution in [-0.2, 0) is 11.2 Å². The van der Waals surface area contributed by atoms with Crippen LogP contribution in [0.15, 0.2) is 60.8 Å². The Morgan fingerprint density at radius 3 is 2.51 bits per heavy atom. The molecule has 0 atom stereocenters. The number of aromatic nitrogens is 2. The van der Waals surface area contributed by atoms with Crippen molar-refractivity contribution in [3.8, 4) is 23.1 Å². The van der Waals surface area contributed by atoms with Crippen LogP contribution in [0.2, 0.25) is 0 Å². The molecule has 248 valence electrons. The Hall–Kier alpha value is -4.74. The SMILES string of the molecule is CCCc1ccc(Oc2nc(Nc3ccc(OCCCN4CCOCC4)c(F)c3)ncc2C(=O)Nc2c(C)cccc2C)c(OC)c1. The summed E-state index contributed by atoms with van der Waals surface area (Å²) in [5.74, 6) is 0.231. The van der Waals surface area contributed by atoms with Crippen molar-refractivity contribution in [1.82, 2.24) is 14.9 Å². The molecule has 1 aliphatic heterocycles. The molecule has 5 rings (SSSR count). The summed E-state index contributed by atoms with van der Waals surface area (Å²) in [5, 5.41) is 5.99. The van der Waals surface area contributed by atoms with Crippen molar-refractivity contribution in [3.05, 3.63) is 88.9 Å². The average Bonchev–Trinajstić information content (AvgIpc) is 3.07. The molecule has 1 fully saturated rings. The Labute approximate surface area is 275 Å². The van der Waals surface area contributed by atoms with Crippen molar-refractivity contribution in [2.45, 2.75) is 40.0 Å². The molecule has 0 aliphatic carbocycles. The first-order valence-corrected chi connectivity index (χ1v) is 15.9. The lowest BCUT2D eigenvalue weighted by Gasteiger charge is -2.26. The predicted molar refractivity (Wildman–Crippen MR) is 180 cm³/mol. The molecule has 0 saturated carbocycles. The monoisotopic (exact) mass is 643 g/mol. The van der Waals surface area contributed by atoms with Crippen LogP contribution in [0.5, 0.6) is 23.1 Å². The van der Waals surface area contributed by atoms with Crippen LogP contribution in [0.25, 0.3) is 0 Å². The third kappa shape index (κ3) is 8.96. The minimum absolute atomic E-state index is 0.00784. The molecular weight excluding hydrogens is 601 g/mol. The lowest BCUT2D eigenvalue weighted by Crippen LogP contribution is -2.37. The summed E-state index contributed by atoms with van der Waals surface area (Å²) in [6.45, 7) is 10.5. The van der Waals surface area contributed by atoms with Gasteiger partial charge in [-0.25, -0.2) is 9.37 Å². The van der Waals surface area contributed by atoms with E-state index in [2.05, 4.69) is 32.4 Å². The van der Waals surface area contributed by atoms with Gasteiger partial charge >= 0.3 is 0 Å². The van der Waals surface area contributed by atoms with Gasteiger partial charge in [-0.1, -0.05) is 37.6 Å². The number of morpholine rings is 1. The minimum atomic E-state index is -0.514. The molecule has 47 heavy (non-hydrogen) atoms. The number of halogens is 1. The Morgan fingerprint density at radius 2 is 1.79 bits per heavy atom. The Kier molecular flexibility index (Phi) is 11.6. The van der Waals surface area contributed by atoms with E-state index < -0.39 is 11.7 Å². The summed E-state index contributed by atoms with van der Waals surface area (Å²) in [4.78, 5) is 24.8. The third-order valence-electron chi connectivity index (χ3n) is 7.86. The lowest BCUT2D eigenvalue weighted by molar-refractivity contribution is 0.0357. The third-order valence-corrected chi connectivity index (χ3v) is 7.86. The Bertz CT molecular complexity index is 1660. The zero-order valence-corrected chi connectivity index (χ0v) is 27.4. The maximum absolute atomic E-state index is 15.0. The molecule has 1 aromatic heterocycles. The summed E-state index contributed by atoms with van der Waals surface area (Å²) in [5.41, 5.74) is 4.15. The second kappa shape index (κ2) is 16.2. The van der Waals surface area contributed by atoms with Crippen LogP contribution in [0.1, 0.15) is 46.8 Å². The topological polar surface area (TPSA) is 107 Å². The van der Waals surface area contributed by atoms with Gasteiger partial charge in [-0.05, 0) is 67.6 Å². The molecule has 0 radical (unpaired) electrons. The van der Waals surface area contributed by atoms with E-state index in [1.165, 1.54) is 12.3 Å². The highest BCUT2D eigenvalue weighted by molar-refractivity contribution is 6.06. The first-order chi connectivity index (χ1) is 22.8. The van der Waals surface area contributed by atoms with Gasteiger partial charge in [0.1, 0.15) is 5.56 Å². The average molecular weight is 644 g/mol. The number of amides is 1. The molecule has 0 spiro atoms. The normalized spacial score (nSPS) is 13.2. The van der Waals surface area contributed by atoms with Crippen molar-refractivity contribution in [2.24, 2.45) is 0 Å². The number of carbonyl (C=O) groups is 1. The van der Waals surface area contributed by atoms with E-state index >= 15 is 0 Å². The first-order valence-electron chi connectivity index (χ1n) is 15.9. The molecule has 2 heterocycles. The molecule has 4 aromatic rings. The van der Waals surface area contributed by atoms with Crippen LogP contribution < -0.4 is 24.8 Å². The highest BCUT2D eigenvalue weighted by Gasteiger charge is 2.21. The van der Waals surface area contributed by atoms with Gasteiger partial charge in [0.2, 0.25) is 11.8 Å². The number of rotatable bonds is 14. The molecular formula is C36H42FN5O5. The van der Waals surface area contributed by atoms with Crippen molar-refractivity contribution in [1.29, 1.82) is 0 Å². The largest absolute Gasteiger partial charge is 0.493 e. The van der Waals surface area contributed by atoms with E-state index in [9.17, 15) is 9.18 Å². The number of ether oxygens (including phenoxy) is 4. The molecule has 10 nitrogen and oxygen atoms in total. The number of aryl methyl sites for hydroxylation is 3. The number of anilines is 3. The number of hydrogen-bond acceptors (Lipinski definition) is 9. The van der Waals surface area contributed by atoms with Gasteiger partial charge in [0.25, 0.3) is 5.91 Å². The van der Waals surface area contributed by atoms with Gasteiger partial charge in [-0.3, -0.25) is 9.69 Å². The number of para-hydroxylation sites is 1. The molecule has 0 unspecified atom stereocenters. The summed E-state index contributed by atoms with van der Waals surface area (Å²) in [6.07, 6.45) is 4.03. The highest BCUT2D eigenvalue weighted by Crippen LogP contribution is 2.34. The van der Waals surface area contributed by atoms with Crippen LogP contribution in [-0.4, -0.2) is 67.3 Å². The van der Waals surface area contributed by atoms with E-state index in [4.69, 9.17) is 18.9 Å². The van der Waals surface area contributed by atoms with E-state index in [0.717, 1.165) is 68.8 Å². The van der Waals surface area contributed by atoms with Gasteiger partial charge in [-0.2, -0.15) is 4.98 Å². The van der Waals surface area contributed by atoms with Gasteiger partial charge in [0, 0.05) is 43.3 Å². The van der Waals surface area contributed by atoms with Crippen molar-refractivity contribution in [2.75, 3.05) is 57.2 Å². The van der Waals surface area contributed by atoms with Crippen LogP contribution >= 0.6 is 0 Å². The fraction of sp³-hybridized carbons (Fsp3) is 0.361. The summed E-state index contributed by atoms with van der Waals surface area (Å²) in [6, 6.07) is 16.0. The smallest absolute Gasteiger partial charge is 0.262 e. The van der Waals surface area contributed by atoms with Crippen molar-refractivity contribution in [3.63, 3.8) is 0 Å². The zero-order valence-electron chi connectivity index (χ0n) is 27.4. The van der Waals surface area contributed by atoms with Crippen LogP contribution in [0.4, 0.5) is 21.7 Å². The number of carbonyl (C=O) groups excluding carboxylic acids is 1. The maximum Gasteiger partial charge on any atom is 0.262 e. The van der Waals surface area contributed by atoms with Crippen molar-refractivity contribution < 1.29 is 28.1 Å². The van der Waals surface area contributed by atoms with Gasteiger partial charge in [0.15, 0.2) is 23.1 Å². The van der Waals surface area contributed by atoms with Gasteiger partial charge in [-0.15, -0.1) is 0 Å². The van der Waals surface area contributed by atoms with E-state index in [1.807, 2.05) is 44.2 Å². The number of methoxy groups -OCH3 is 1. The maximum atomic E-state index is 15.0. The Morgan fingerprint density at radius 1 is 1.02 bits per heavy atom. The van der Waals surface area contributed by atoms with Gasteiger partial charge < -0.3 is 29.6 Å². The number of benzene rings is 3. The number of hydrogen-bond donors (Lipinski definition) is 2. The number of nitrogens with zero attached hydrogens (tertiary/aromatic N) is 3. The second-order valence-corrected chi connectivity index (χ2v) is 11.4. The fourth-order valence-electron chi connectivity index (χ4n) is 5.32. The predicted octanol–water partition coefficient (Wildman–Crippen LogP) is 7.08. The molecule has 0 bridgehead atoms. The first kappa shape index (κ1) is 33.6. The molecule has 3 aromatic carbocycles. The molecule has 1 amide bonds. The van der Waals surface area contributed by atoms with E-state index in [1.54, 1.807) is 25.3 Å². The zero-order chi connectivity index (χ0) is 33.2. The number of nitrogens with one attached hydrogen (secondary N) is 2. The molecule has 1 aliphatic rings. The quantitative estimate of drug-likeness (QED) is 0.139. The van der Waals surface area contributed by atoms with Crippen LogP contribution in [0.3, 0.4) is 0 Å². The van der Waals surface area contributed by atoms with E-state index in [0.29, 0.717) is 29.5 Å². The van der Waals surface area contributed by atoms with E-state index in [-0.39, 0.29) is 23.1 Å². The van der Waals surface area contributed by atoms with Gasteiger partial charge in [0.05, 0.1) is 26.9 Å². The second-order valence-electron chi connectivity index (χ2n) is 11.4. The molecule has 1 saturated heterocycles. The highest BCUT2D eigenvalue weighted by atomic mass is 19.1. The summed E-state index contributed by atoms with van der Waals surface area (Å²) in [7, 11) is 1.56. The van der Waals surface area contributed by atoms with Crippen molar-refractivity contribution >= 4 is 23.2 Å². The minimum Gasteiger partial charge on any atom is -0.493 e. The standard InChI is InChI=1S/C36H42FN5O5/c1-5-8-26-11-13-31(32(21-26)44-4)47-35-28(34(43)40-33-24(2)9-6-10-25(33)3)23-38-36(41-35)39-27-12-14-30(29(37)22-27)46-18-7-15-42-16-19-45-20-17-42/h6,9-14,21-23H,5,7-8,15-20H2,1-4H3,(H,40,43)(H,38,39,41). The van der Waals surface area contributed by atoms with Crippen LogP contribution in [0, 0.1) is 19.7 Å². The summed E-state index contributed by atoms with van der Waals surface area (Å²) < 4.78 is 37.9. The Balaban J connectivity index is 1.34. The molecule has 11 heteroatoms.